The number of benzene rings is 2. The van der Waals surface area contributed by atoms with E-state index in [2.05, 4.69) is 5.32 Å². The van der Waals surface area contributed by atoms with Gasteiger partial charge in [0.25, 0.3) is 0 Å². The van der Waals surface area contributed by atoms with Crippen LogP contribution in [0.3, 0.4) is 0 Å². The van der Waals surface area contributed by atoms with Crippen LogP contribution in [0.25, 0.3) is 0 Å². The van der Waals surface area contributed by atoms with Crippen LogP contribution >= 0.6 is 11.6 Å². The van der Waals surface area contributed by atoms with Crippen molar-refractivity contribution >= 4 is 23.2 Å². The van der Waals surface area contributed by atoms with Crippen LogP contribution < -0.4 is 11.1 Å². The molecule has 0 saturated heterocycles. The molecule has 0 fully saturated rings. The van der Waals surface area contributed by atoms with Crippen LogP contribution in [0.1, 0.15) is 11.6 Å². The van der Waals surface area contributed by atoms with Crippen molar-refractivity contribution in [2.45, 2.75) is 6.04 Å². The summed E-state index contributed by atoms with van der Waals surface area (Å²) in [6.45, 7) is 0. The van der Waals surface area contributed by atoms with Gasteiger partial charge in [0.1, 0.15) is 11.9 Å². The van der Waals surface area contributed by atoms with Crippen molar-refractivity contribution < 1.29 is 9.18 Å². The lowest BCUT2D eigenvalue weighted by Gasteiger charge is -2.12. The van der Waals surface area contributed by atoms with Crippen LogP contribution in [0.5, 0.6) is 0 Å². The Bertz CT molecular complexity index is 569. The number of hydrogen-bond acceptors (Lipinski definition) is 2. The molecule has 0 aliphatic heterocycles. The maximum atomic E-state index is 13.1. The molecule has 0 aromatic heterocycles. The maximum absolute atomic E-state index is 13.1. The fourth-order valence-corrected chi connectivity index (χ4v) is 1.88. The fraction of sp³-hybridized carbons (Fsp3) is 0.0714. The van der Waals surface area contributed by atoms with Crippen LogP contribution in [0.15, 0.2) is 48.5 Å². The van der Waals surface area contributed by atoms with Crippen molar-refractivity contribution in [1.29, 1.82) is 0 Å². The summed E-state index contributed by atoms with van der Waals surface area (Å²) in [7, 11) is 0. The van der Waals surface area contributed by atoms with Crippen molar-refractivity contribution in [3.63, 3.8) is 0 Å². The first-order valence-corrected chi connectivity index (χ1v) is 6.01. The average molecular weight is 279 g/mol. The first-order valence-electron chi connectivity index (χ1n) is 5.64. The Balaban J connectivity index is 2.13. The Morgan fingerprint density at radius 1 is 1.21 bits per heavy atom. The topological polar surface area (TPSA) is 55.1 Å². The van der Waals surface area contributed by atoms with Crippen LogP contribution in [-0.4, -0.2) is 5.91 Å². The second-order valence-electron chi connectivity index (χ2n) is 4.04. The van der Waals surface area contributed by atoms with Gasteiger partial charge in [-0.25, -0.2) is 4.39 Å². The van der Waals surface area contributed by atoms with Gasteiger partial charge in [-0.3, -0.25) is 4.79 Å². The molecule has 0 aliphatic carbocycles. The minimum absolute atomic E-state index is 0.212. The Labute approximate surface area is 115 Å². The zero-order valence-corrected chi connectivity index (χ0v) is 10.7. The smallest absolute Gasteiger partial charge is 0.245 e. The van der Waals surface area contributed by atoms with Crippen LogP contribution in [-0.2, 0) is 4.79 Å². The first kappa shape index (κ1) is 13.5. The Morgan fingerprint density at radius 2 is 1.89 bits per heavy atom. The number of nitrogens with one attached hydrogen (secondary N) is 1. The van der Waals surface area contributed by atoms with Crippen LogP contribution in [0.2, 0.25) is 5.02 Å². The van der Waals surface area contributed by atoms with E-state index >= 15 is 0 Å². The quantitative estimate of drug-likeness (QED) is 0.906. The third-order valence-electron chi connectivity index (χ3n) is 2.57. The van der Waals surface area contributed by atoms with E-state index in [-0.39, 0.29) is 10.7 Å². The van der Waals surface area contributed by atoms with Crippen molar-refractivity contribution in [2.24, 2.45) is 5.73 Å². The van der Waals surface area contributed by atoms with E-state index in [1.54, 1.807) is 24.3 Å². The van der Waals surface area contributed by atoms with Gasteiger partial charge in [-0.05, 0) is 23.8 Å². The highest BCUT2D eigenvalue weighted by molar-refractivity contribution is 6.30. The van der Waals surface area contributed by atoms with E-state index in [1.807, 2.05) is 6.07 Å². The third-order valence-corrected chi connectivity index (χ3v) is 2.79. The Hall–Kier alpha value is -1.91. The molecule has 2 rings (SSSR count). The molecular weight excluding hydrogens is 267 g/mol. The molecule has 19 heavy (non-hydrogen) atoms. The van der Waals surface area contributed by atoms with E-state index in [9.17, 15) is 9.18 Å². The minimum atomic E-state index is -0.816. The van der Waals surface area contributed by atoms with Gasteiger partial charge in [-0.15, -0.1) is 0 Å². The summed E-state index contributed by atoms with van der Waals surface area (Å²) in [4.78, 5) is 11.9. The van der Waals surface area contributed by atoms with E-state index in [1.165, 1.54) is 12.1 Å². The predicted molar refractivity (Wildman–Crippen MR) is 73.4 cm³/mol. The van der Waals surface area contributed by atoms with Gasteiger partial charge >= 0.3 is 0 Å². The normalized spacial score (nSPS) is 11.9. The molecule has 0 heterocycles. The SMILES string of the molecule is N[C@H](C(=O)Nc1cc(F)cc(Cl)c1)c1ccccc1. The summed E-state index contributed by atoms with van der Waals surface area (Å²) >= 11 is 5.71. The number of rotatable bonds is 3. The van der Waals surface area contributed by atoms with Crippen LogP contribution in [0.4, 0.5) is 10.1 Å². The summed E-state index contributed by atoms with van der Waals surface area (Å²) in [5.41, 5.74) is 6.79. The van der Waals surface area contributed by atoms with Crippen molar-refractivity contribution in [3.05, 3.63) is 64.9 Å². The molecule has 1 amide bonds. The molecule has 5 heteroatoms. The molecule has 0 saturated carbocycles. The second-order valence-corrected chi connectivity index (χ2v) is 4.47. The summed E-state index contributed by atoms with van der Waals surface area (Å²) in [6.07, 6.45) is 0. The molecule has 0 aliphatic rings. The van der Waals surface area contributed by atoms with E-state index < -0.39 is 17.8 Å². The maximum Gasteiger partial charge on any atom is 0.245 e. The van der Waals surface area contributed by atoms with Gasteiger partial charge in [0.05, 0.1) is 0 Å². The molecule has 2 aromatic rings. The van der Waals surface area contributed by atoms with Gasteiger partial charge < -0.3 is 11.1 Å². The van der Waals surface area contributed by atoms with Gasteiger partial charge in [0, 0.05) is 10.7 Å². The molecule has 98 valence electrons. The molecule has 3 nitrogen and oxygen atoms in total. The standard InChI is InChI=1S/C14H12ClFN2O/c15-10-6-11(16)8-12(7-10)18-14(19)13(17)9-4-2-1-3-5-9/h1-8,13H,17H2,(H,18,19)/t13-/m0/s1. The monoisotopic (exact) mass is 278 g/mol. The number of amides is 1. The summed E-state index contributed by atoms with van der Waals surface area (Å²) in [5.74, 6) is -0.941. The number of carbonyl (C=O) groups is 1. The molecule has 0 unspecified atom stereocenters. The van der Waals surface area contributed by atoms with Crippen molar-refractivity contribution in [2.75, 3.05) is 5.32 Å². The number of nitrogens with two attached hydrogens (primary N) is 1. The average Bonchev–Trinajstić information content (AvgIpc) is 2.37. The molecule has 0 bridgehead atoms. The number of carbonyl (C=O) groups excluding carboxylic acids is 1. The zero-order valence-electron chi connectivity index (χ0n) is 9.94. The van der Waals surface area contributed by atoms with Crippen molar-refractivity contribution in [3.8, 4) is 0 Å². The zero-order chi connectivity index (χ0) is 13.8. The molecule has 1 atom stereocenters. The largest absolute Gasteiger partial charge is 0.324 e. The number of halogens is 2. The van der Waals surface area contributed by atoms with E-state index in [0.29, 0.717) is 5.56 Å². The molecular formula is C14H12ClFN2O. The van der Waals surface area contributed by atoms with E-state index in [0.717, 1.165) is 6.07 Å². The first-order chi connectivity index (χ1) is 9.06. The highest BCUT2D eigenvalue weighted by atomic mass is 35.5. The summed E-state index contributed by atoms with van der Waals surface area (Å²) < 4.78 is 13.1. The lowest BCUT2D eigenvalue weighted by molar-refractivity contribution is -0.117. The highest BCUT2D eigenvalue weighted by Crippen LogP contribution is 2.19. The van der Waals surface area contributed by atoms with Crippen molar-refractivity contribution in [1.82, 2.24) is 0 Å². The lowest BCUT2D eigenvalue weighted by Crippen LogP contribution is -2.27. The van der Waals surface area contributed by atoms with Crippen LogP contribution in [0, 0.1) is 5.82 Å². The summed E-state index contributed by atoms with van der Waals surface area (Å²) in [6, 6.07) is 11.9. The molecule has 0 spiro atoms. The van der Waals surface area contributed by atoms with Gasteiger partial charge in [-0.1, -0.05) is 41.9 Å². The highest BCUT2D eigenvalue weighted by Gasteiger charge is 2.15. The summed E-state index contributed by atoms with van der Waals surface area (Å²) in [5, 5.41) is 2.75. The second kappa shape index (κ2) is 5.82. The minimum Gasteiger partial charge on any atom is -0.324 e. The fourth-order valence-electron chi connectivity index (χ4n) is 1.66. The number of hydrogen-bond donors (Lipinski definition) is 2. The Kier molecular flexibility index (Phi) is 4.14. The van der Waals surface area contributed by atoms with Gasteiger partial charge in [0.15, 0.2) is 0 Å². The molecule has 0 radical (unpaired) electrons. The predicted octanol–water partition coefficient (Wildman–Crippen LogP) is 3.12. The third kappa shape index (κ3) is 3.53. The molecule has 3 N–H and O–H groups in total. The van der Waals surface area contributed by atoms with Gasteiger partial charge in [0.2, 0.25) is 5.91 Å². The Morgan fingerprint density at radius 3 is 2.53 bits per heavy atom. The van der Waals surface area contributed by atoms with E-state index in [4.69, 9.17) is 17.3 Å². The lowest BCUT2D eigenvalue weighted by atomic mass is 10.1. The number of anilines is 1. The van der Waals surface area contributed by atoms with Gasteiger partial charge in [-0.2, -0.15) is 0 Å². The molecule has 2 aromatic carbocycles.